The van der Waals surface area contributed by atoms with Gasteiger partial charge in [0.25, 0.3) is 0 Å². The summed E-state index contributed by atoms with van der Waals surface area (Å²) in [6, 6.07) is 4.62. The van der Waals surface area contributed by atoms with Gasteiger partial charge in [-0.15, -0.1) is 0 Å². The van der Waals surface area contributed by atoms with Crippen molar-refractivity contribution >= 4 is 0 Å². The fourth-order valence-electron chi connectivity index (χ4n) is 2.03. The summed E-state index contributed by atoms with van der Waals surface area (Å²) in [5.74, 6) is 0.979. The molecule has 0 bridgehead atoms. The van der Waals surface area contributed by atoms with Crippen molar-refractivity contribution in [2.24, 2.45) is 5.73 Å². The van der Waals surface area contributed by atoms with Gasteiger partial charge in [-0.1, -0.05) is 6.07 Å². The number of benzene rings is 1. The van der Waals surface area contributed by atoms with E-state index in [4.69, 9.17) is 10.5 Å². The maximum absolute atomic E-state index is 5.89. The van der Waals surface area contributed by atoms with E-state index in [1.54, 1.807) is 7.11 Å². The van der Waals surface area contributed by atoms with Crippen LogP contribution in [0.25, 0.3) is 0 Å². The van der Waals surface area contributed by atoms with Crippen LogP contribution in [0.3, 0.4) is 0 Å². The molecule has 0 spiro atoms. The minimum Gasteiger partial charge on any atom is -0.496 e. The van der Waals surface area contributed by atoms with Crippen LogP contribution in [0.2, 0.25) is 0 Å². The van der Waals surface area contributed by atoms with Gasteiger partial charge in [-0.3, -0.25) is 0 Å². The van der Waals surface area contributed by atoms with Crippen molar-refractivity contribution in [3.63, 3.8) is 0 Å². The van der Waals surface area contributed by atoms with E-state index in [1.165, 1.54) is 16.7 Å². The van der Waals surface area contributed by atoms with Crippen molar-refractivity contribution < 1.29 is 4.74 Å². The van der Waals surface area contributed by atoms with Crippen LogP contribution in [0.1, 0.15) is 16.7 Å². The molecule has 0 radical (unpaired) electrons. The molecule has 2 rings (SSSR count). The van der Waals surface area contributed by atoms with E-state index in [0.29, 0.717) is 6.04 Å². The van der Waals surface area contributed by atoms with E-state index >= 15 is 0 Å². The molecule has 1 unspecified atom stereocenters. The minimum atomic E-state index is 0.307. The maximum Gasteiger partial charge on any atom is 0.122 e. The Morgan fingerprint density at radius 2 is 1.92 bits per heavy atom. The summed E-state index contributed by atoms with van der Waals surface area (Å²) in [5.41, 5.74) is 9.84. The van der Waals surface area contributed by atoms with Crippen molar-refractivity contribution in [2.75, 3.05) is 7.11 Å². The van der Waals surface area contributed by atoms with E-state index in [2.05, 4.69) is 19.1 Å². The van der Waals surface area contributed by atoms with Gasteiger partial charge in [-0.05, 0) is 42.5 Å². The molecule has 0 aromatic heterocycles. The highest BCUT2D eigenvalue weighted by molar-refractivity contribution is 5.45. The topological polar surface area (TPSA) is 35.2 Å². The van der Waals surface area contributed by atoms with E-state index in [9.17, 15) is 0 Å². The Labute approximate surface area is 78.7 Å². The molecule has 0 amide bonds. The first kappa shape index (κ1) is 8.57. The summed E-state index contributed by atoms with van der Waals surface area (Å²) in [6.07, 6.45) is 2.01. The van der Waals surface area contributed by atoms with Gasteiger partial charge in [0.1, 0.15) is 5.75 Å². The Hall–Kier alpha value is -1.02. The zero-order valence-electron chi connectivity index (χ0n) is 8.13. The Morgan fingerprint density at radius 3 is 2.54 bits per heavy atom. The fourth-order valence-corrected chi connectivity index (χ4v) is 2.03. The Kier molecular flexibility index (Phi) is 2.00. The molecule has 1 aromatic carbocycles. The summed E-state index contributed by atoms with van der Waals surface area (Å²) in [7, 11) is 1.71. The quantitative estimate of drug-likeness (QED) is 0.704. The molecule has 70 valence electrons. The van der Waals surface area contributed by atoms with Crippen LogP contribution in [0.4, 0.5) is 0 Å². The maximum atomic E-state index is 5.89. The SMILES string of the molecule is COc1cc2c(cc1C)CC(N)C2. The molecule has 1 atom stereocenters. The average Bonchev–Trinajstić information content (AvgIpc) is 2.42. The Morgan fingerprint density at radius 1 is 1.31 bits per heavy atom. The molecule has 0 saturated heterocycles. The first-order valence-electron chi connectivity index (χ1n) is 4.62. The number of rotatable bonds is 1. The molecule has 13 heavy (non-hydrogen) atoms. The van der Waals surface area contributed by atoms with Gasteiger partial charge in [0.05, 0.1) is 7.11 Å². The van der Waals surface area contributed by atoms with Gasteiger partial charge in [0.2, 0.25) is 0 Å². The number of nitrogens with two attached hydrogens (primary N) is 1. The third-order valence-electron chi connectivity index (χ3n) is 2.68. The van der Waals surface area contributed by atoms with E-state index in [0.717, 1.165) is 18.6 Å². The second-order valence-corrected chi connectivity index (χ2v) is 3.76. The first-order valence-corrected chi connectivity index (χ1v) is 4.62. The van der Waals surface area contributed by atoms with Crippen LogP contribution >= 0.6 is 0 Å². The van der Waals surface area contributed by atoms with E-state index in [1.807, 2.05) is 0 Å². The average molecular weight is 177 g/mol. The second-order valence-electron chi connectivity index (χ2n) is 3.76. The Balaban J connectivity index is 2.44. The van der Waals surface area contributed by atoms with E-state index < -0.39 is 0 Å². The third kappa shape index (κ3) is 1.42. The Bertz CT molecular complexity index is 333. The van der Waals surface area contributed by atoms with Gasteiger partial charge >= 0.3 is 0 Å². The highest BCUT2D eigenvalue weighted by Crippen LogP contribution is 2.28. The molecular formula is C11H15NO. The molecule has 2 heteroatoms. The van der Waals surface area contributed by atoms with Crippen molar-refractivity contribution in [3.05, 3.63) is 28.8 Å². The predicted octanol–water partition coefficient (Wildman–Crippen LogP) is 1.43. The predicted molar refractivity (Wildman–Crippen MR) is 53.1 cm³/mol. The van der Waals surface area contributed by atoms with Gasteiger partial charge in [0, 0.05) is 6.04 Å². The smallest absolute Gasteiger partial charge is 0.122 e. The molecule has 0 saturated carbocycles. The fraction of sp³-hybridized carbons (Fsp3) is 0.455. The zero-order valence-corrected chi connectivity index (χ0v) is 8.13. The summed E-state index contributed by atoms with van der Waals surface area (Å²) in [6.45, 7) is 2.07. The van der Waals surface area contributed by atoms with Crippen LogP contribution < -0.4 is 10.5 Å². The monoisotopic (exact) mass is 177 g/mol. The number of fused-ring (bicyclic) bond motifs is 1. The molecule has 2 nitrogen and oxygen atoms in total. The van der Waals surface area contributed by atoms with Crippen molar-refractivity contribution in [1.82, 2.24) is 0 Å². The number of aryl methyl sites for hydroxylation is 1. The highest BCUT2D eigenvalue weighted by atomic mass is 16.5. The van der Waals surface area contributed by atoms with E-state index in [-0.39, 0.29) is 0 Å². The molecule has 0 fully saturated rings. The van der Waals surface area contributed by atoms with Crippen LogP contribution in [-0.4, -0.2) is 13.2 Å². The van der Waals surface area contributed by atoms with Gasteiger partial charge in [0.15, 0.2) is 0 Å². The molecule has 1 aliphatic carbocycles. The van der Waals surface area contributed by atoms with Gasteiger partial charge in [-0.25, -0.2) is 0 Å². The number of ether oxygens (including phenoxy) is 1. The summed E-state index contributed by atoms with van der Waals surface area (Å²) in [5, 5.41) is 0. The summed E-state index contributed by atoms with van der Waals surface area (Å²) >= 11 is 0. The van der Waals surface area contributed by atoms with Crippen LogP contribution in [0.15, 0.2) is 12.1 Å². The normalized spacial score (nSPS) is 20.1. The highest BCUT2D eigenvalue weighted by Gasteiger charge is 2.19. The summed E-state index contributed by atoms with van der Waals surface area (Å²) in [4.78, 5) is 0. The zero-order chi connectivity index (χ0) is 9.42. The molecule has 0 aliphatic heterocycles. The van der Waals surface area contributed by atoms with Gasteiger partial charge < -0.3 is 10.5 Å². The van der Waals surface area contributed by atoms with Crippen LogP contribution in [0, 0.1) is 6.92 Å². The van der Waals surface area contributed by atoms with Crippen molar-refractivity contribution in [3.8, 4) is 5.75 Å². The third-order valence-corrected chi connectivity index (χ3v) is 2.68. The number of hydrogen-bond donors (Lipinski definition) is 1. The van der Waals surface area contributed by atoms with Gasteiger partial charge in [-0.2, -0.15) is 0 Å². The molecule has 1 aromatic rings. The number of methoxy groups -OCH3 is 1. The van der Waals surface area contributed by atoms with Crippen molar-refractivity contribution in [2.45, 2.75) is 25.8 Å². The molecular weight excluding hydrogens is 162 g/mol. The standard InChI is InChI=1S/C11H15NO/c1-7-3-8-4-10(12)5-9(8)6-11(7)13-2/h3,6,10H,4-5,12H2,1-2H3. The molecule has 0 heterocycles. The van der Waals surface area contributed by atoms with Crippen molar-refractivity contribution in [1.29, 1.82) is 0 Å². The summed E-state index contributed by atoms with van der Waals surface area (Å²) < 4.78 is 5.26. The molecule has 1 aliphatic rings. The lowest BCUT2D eigenvalue weighted by atomic mass is 10.1. The lowest BCUT2D eigenvalue weighted by Gasteiger charge is -2.07. The number of hydrogen-bond acceptors (Lipinski definition) is 2. The largest absolute Gasteiger partial charge is 0.496 e. The second kappa shape index (κ2) is 3.04. The minimum absolute atomic E-state index is 0.307. The lowest BCUT2D eigenvalue weighted by molar-refractivity contribution is 0.411. The lowest BCUT2D eigenvalue weighted by Crippen LogP contribution is -2.18. The first-order chi connectivity index (χ1) is 6.20. The van der Waals surface area contributed by atoms with Crippen LogP contribution in [0.5, 0.6) is 5.75 Å². The van der Waals surface area contributed by atoms with Crippen LogP contribution in [-0.2, 0) is 12.8 Å². The molecule has 2 N–H and O–H groups in total.